The summed E-state index contributed by atoms with van der Waals surface area (Å²) in [6, 6.07) is 10.8. The minimum absolute atomic E-state index is 0.151. The number of nitrogens with zero attached hydrogens (tertiary/aromatic N) is 2. The molecule has 0 spiro atoms. The molecule has 0 radical (unpaired) electrons. The van der Waals surface area contributed by atoms with Crippen molar-refractivity contribution in [2.45, 2.75) is 32.7 Å². The van der Waals surface area contributed by atoms with Crippen molar-refractivity contribution in [3.05, 3.63) is 75.2 Å². The Morgan fingerprint density at radius 2 is 1.88 bits per heavy atom. The molecule has 1 aromatic heterocycles. The molecule has 7 nitrogen and oxygen atoms in total. The second-order valence-electron chi connectivity index (χ2n) is 7.52. The van der Waals surface area contributed by atoms with E-state index in [2.05, 4.69) is 10.5 Å². The van der Waals surface area contributed by atoms with Gasteiger partial charge < -0.3 is 9.47 Å². The molecule has 1 aliphatic heterocycles. The fourth-order valence-electron chi connectivity index (χ4n) is 3.44. The number of benzene rings is 2. The van der Waals surface area contributed by atoms with E-state index < -0.39 is 17.6 Å². The Morgan fingerprint density at radius 3 is 2.65 bits per heavy atom. The number of hydrogen-bond acceptors (Lipinski definition) is 7. The maximum atomic E-state index is 13.2. The van der Waals surface area contributed by atoms with Crippen LogP contribution in [0.15, 0.2) is 47.8 Å². The molecular weight excluding hydrogens is 471 g/mol. The molecule has 0 unspecified atom stereocenters. The van der Waals surface area contributed by atoms with Gasteiger partial charge in [-0.05, 0) is 36.2 Å². The summed E-state index contributed by atoms with van der Waals surface area (Å²) in [4.78, 5) is 23.3. The molecule has 1 N–H and O–H groups in total. The molecule has 0 saturated carbocycles. The molecule has 0 bridgehead atoms. The van der Waals surface area contributed by atoms with Gasteiger partial charge >= 0.3 is 6.18 Å². The third-order valence-electron chi connectivity index (χ3n) is 4.96. The third kappa shape index (κ3) is 6.04. The normalized spacial score (nSPS) is 12.9. The standard InChI is InChI=1S/C23H22F3N3O4S/c1-2-33-28-22(30)18-13-34-21(27-18)12-29(10-15-4-3-5-17(8-15)23(24,25)26)11-16-6-7-19-20(9-16)32-14-31-19/h3-9,13H,2,10-12,14H2,1H3,(H,28,30). The fraction of sp³-hybridized carbons (Fsp3) is 0.304. The molecule has 4 rings (SSSR count). The second-order valence-corrected chi connectivity index (χ2v) is 8.46. The lowest BCUT2D eigenvalue weighted by Gasteiger charge is -2.22. The molecule has 180 valence electrons. The highest BCUT2D eigenvalue weighted by atomic mass is 32.1. The first kappa shape index (κ1) is 24.0. The number of rotatable bonds is 9. The quantitative estimate of drug-likeness (QED) is 0.433. The maximum Gasteiger partial charge on any atom is 0.416 e. The number of carbonyl (C=O) groups excluding carboxylic acids is 1. The zero-order valence-electron chi connectivity index (χ0n) is 18.2. The van der Waals surface area contributed by atoms with Crippen LogP contribution in [0, 0.1) is 0 Å². The van der Waals surface area contributed by atoms with E-state index in [1.54, 1.807) is 24.4 Å². The molecule has 0 aliphatic carbocycles. The smallest absolute Gasteiger partial charge is 0.416 e. The van der Waals surface area contributed by atoms with Crippen LogP contribution in [0.2, 0.25) is 0 Å². The molecule has 3 aromatic rings. The zero-order chi connectivity index (χ0) is 24.1. The van der Waals surface area contributed by atoms with E-state index in [1.807, 2.05) is 17.0 Å². The van der Waals surface area contributed by atoms with Crippen molar-refractivity contribution in [3.63, 3.8) is 0 Å². The summed E-state index contributed by atoms with van der Waals surface area (Å²) in [6.07, 6.45) is -4.42. The largest absolute Gasteiger partial charge is 0.454 e. The predicted molar refractivity (Wildman–Crippen MR) is 118 cm³/mol. The average molecular weight is 494 g/mol. The van der Waals surface area contributed by atoms with E-state index in [4.69, 9.17) is 14.3 Å². The number of nitrogens with one attached hydrogen (secondary N) is 1. The summed E-state index contributed by atoms with van der Waals surface area (Å²) in [5.74, 6) is 0.822. The number of amides is 1. The third-order valence-corrected chi connectivity index (χ3v) is 5.79. The molecular formula is C23H22F3N3O4S. The topological polar surface area (TPSA) is 72.9 Å². The van der Waals surface area contributed by atoms with Gasteiger partial charge in [-0.1, -0.05) is 24.3 Å². The van der Waals surface area contributed by atoms with E-state index in [1.165, 1.54) is 17.4 Å². The Bertz CT molecular complexity index is 1150. The molecule has 11 heteroatoms. The molecule has 1 amide bonds. The Balaban J connectivity index is 1.54. The molecule has 1 aliphatic rings. The van der Waals surface area contributed by atoms with E-state index in [0.29, 0.717) is 41.8 Å². The Morgan fingerprint density at radius 1 is 1.12 bits per heavy atom. The molecule has 0 fully saturated rings. The van der Waals surface area contributed by atoms with Crippen LogP contribution in [0.25, 0.3) is 0 Å². The number of alkyl halides is 3. The van der Waals surface area contributed by atoms with Crippen LogP contribution < -0.4 is 15.0 Å². The van der Waals surface area contributed by atoms with Gasteiger partial charge in [0.2, 0.25) is 6.79 Å². The van der Waals surface area contributed by atoms with Gasteiger partial charge in [0, 0.05) is 18.5 Å². The van der Waals surface area contributed by atoms with E-state index in [9.17, 15) is 18.0 Å². The first-order valence-corrected chi connectivity index (χ1v) is 11.3. The average Bonchev–Trinajstić information content (AvgIpc) is 3.46. The van der Waals surface area contributed by atoms with Gasteiger partial charge in [0.1, 0.15) is 10.7 Å². The van der Waals surface area contributed by atoms with Gasteiger partial charge in [-0.2, -0.15) is 13.2 Å². The van der Waals surface area contributed by atoms with Gasteiger partial charge in [-0.15, -0.1) is 11.3 Å². The Labute approximate surface area is 198 Å². The summed E-state index contributed by atoms with van der Waals surface area (Å²) in [6.45, 7) is 3.22. The Kier molecular flexibility index (Phi) is 7.35. The van der Waals surface area contributed by atoms with E-state index >= 15 is 0 Å². The van der Waals surface area contributed by atoms with Gasteiger partial charge in [0.15, 0.2) is 11.5 Å². The van der Waals surface area contributed by atoms with E-state index in [0.717, 1.165) is 17.7 Å². The first-order valence-electron chi connectivity index (χ1n) is 10.5. The number of thiazole rings is 1. The van der Waals surface area contributed by atoms with Crippen molar-refractivity contribution in [2.24, 2.45) is 0 Å². The summed E-state index contributed by atoms with van der Waals surface area (Å²) in [7, 11) is 0. The van der Waals surface area contributed by atoms with Crippen LogP contribution in [0.3, 0.4) is 0 Å². The van der Waals surface area contributed by atoms with Crippen LogP contribution in [0.1, 0.15) is 39.1 Å². The van der Waals surface area contributed by atoms with Crippen molar-refractivity contribution in [2.75, 3.05) is 13.4 Å². The predicted octanol–water partition coefficient (Wildman–Crippen LogP) is 4.77. The highest BCUT2D eigenvalue weighted by molar-refractivity contribution is 7.09. The summed E-state index contributed by atoms with van der Waals surface area (Å²) in [5.41, 5.74) is 3.24. The fourth-order valence-corrected chi connectivity index (χ4v) is 4.25. The lowest BCUT2D eigenvalue weighted by Crippen LogP contribution is -2.25. The monoisotopic (exact) mass is 493 g/mol. The molecule has 0 atom stereocenters. The van der Waals surface area contributed by atoms with Crippen LogP contribution in [0.4, 0.5) is 13.2 Å². The van der Waals surface area contributed by atoms with Crippen molar-refractivity contribution in [3.8, 4) is 11.5 Å². The number of ether oxygens (including phenoxy) is 2. The maximum absolute atomic E-state index is 13.2. The SMILES string of the molecule is CCONC(=O)c1csc(CN(Cc2cccc(C(F)(F)F)c2)Cc2ccc3c(c2)OCO3)n1. The van der Waals surface area contributed by atoms with Crippen LogP contribution in [0.5, 0.6) is 11.5 Å². The van der Waals surface area contributed by atoms with Crippen molar-refractivity contribution >= 4 is 17.2 Å². The lowest BCUT2D eigenvalue weighted by molar-refractivity contribution is -0.137. The highest BCUT2D eigenvalue weighted by Crippen LogP contribution is 2.33. The lowest BCUT2D eigenvalue weighted by atomic mass is 10.1. The van der Waals surface area contributed by atoms with Crippen molar-refractivity contribution < 1.29 is 32.3 Å². The van der Waals surface area contributed by atoms with Gasteiger partial charge in [0.05, 0.1) is 18.7 Å². The zero-order valence-corrected chi connectivity index (χ0v) is 19.0. The number of fused-ring (bicyclic) bond motifs is 1. The van der Waals surface area contributed by atoms with Gasteiger partial charge in [-0.25, -0.2) is 10.5 Å². The molecule has 2 heterocycles. The number of halogens is 3. The van der Waals surface area contributed by atoms with Crippen molar-refractivity contribution in [1.29, 1.82) is 0 Å². The summed E-state index contributed by atoms with van der Waals surface area (Å²) in [5, 5.41) is 2.27. The van der Waals surface area contributed by atoms with Crippen molar-refractivity contribution in [1.82, 2.24) is 15.4 Å². The summed E-state index contributed by atoms with van der Waals surface area (Å²) < 4.78 is 50.4. The Hall–Kier alpha value is -3.15. The first-order chi connectivity index (χ1) is 16.3. The van der Waals surface area contributed by atoms with Crippen LogP contribution in [-0.4, -0.2) is 29.2 Å². The van der Waals surface area contributed by atoms with Crippen LogP contribution >= 0.6 is 11.3 Å². The second kappa shape index (κ2) is 10.4. The highest BCUT2D eigenvalue weighted by Gasteiger charge is 2.30. The minimum Gasteiger partial charge on any atom is -0.454 e. The number of aromatic nitrogens is 1. The van der Waals surface area contributed by atoms with Crippen LogP contribution in [-0.2, 0) is 30.6 Å². The summed E-state index contributed by atoms with van der Waals surface area (Å²) >= 11 is 1.29. The molecule has 0 saturated heterocycles. The molecule has 34 heavy (non-hydrogen) atoms. The van der Waals surface area contributed by atoms with Gasteiger partial charge in [-0.3, -0.25) is 14.5 Å². The van der Waals surface area contributed by atoms with Gasteiger partial charge in [0.25, 0.3) is 5.91 Å². The minimum atomic E-state index is -4.42. The molecule has 2 aromatic carbocycles. The number of hydrogen-bond donors (Lipinski definition) is 1. The van der Waals surface area contributed by atoms with E-state index in [-0.39, 0.29) is 19.0 Å². The number of carbonyl (C=O) groups is 1. The number of hydroxylamine groups is 1.